The zero-order chi connectivity index (χ0) is 26.2. The van der Waals surface area contributed by atoms with Gasteiger partial charge in [-0.25, -0.2) is 4.98 Å². The Kier molecular flexibility index (Phi) is 7.77. The quantitative estimate of drug-likeness (QED) is 0.228. The summed E-state index contributed by atoms with van der Waals surface area (Å²) in [6.07, 6.45) is 3.54. The molecule has 0 spiro atoms. The van der Waals surface area contributed by atoms with Gasteiger partial charge in [-0.05, 0) is 58.1 Å². The van der Waals surface area contributed by atoms with Crippen LogP contribution in [0.15, 0.2) is 47.6 Å². The number of aromatic nitrogens is 3. The molecule has 3 heterocycles. The van der Waals surface area contributed by atoms with Crippen LogP contribution in [-0.2, 0) is 5.41 Å². The lowest BCUT2D eigenvalue weighted by molar-refractivity contribution is 0.604. The van der Waals surface area contributed by atoms with Crippen molar-refractivity contribution in [2.24, 2.45) is 0 Å². The number of rotatable bonds is 7. The zero-order valence-corrected chi connectivity index (χ0v) is 24.5. The molecule has 190 valence electrons. The molecule has 0 N–H and O–H groups in total. The molecule has 0 aliphatic heterocycles. The first-order chi connectivity index (χ1) is 17.0. The molecule has 0 saturated heterocycles. The fourth-order valence-corrected chi connectivity index (χ4v) is 6.22. The first-order valence-corrected chi connectivity index (χ1v) is 14.3. The van der Waals surface area contributed by atoms with Crippen LogP contribution in [0.5, 0.6) is 5.88 Å². The molecule has 0 fully saturated rings. The van der Waals surface area contributed by atoms with E-state index in [-0.39, 0.29) is 5.41 Å². The molecule has 4 nitrogen and oxygen atoms in total. The molecular formula is C30H37N3OS2. The van der Waals surface area contributed by atoms with E-state index in [2.05, 4.69) is 85.5 Å². The van der Waals surface area contributed by atoms with Crippen molar-refractivity contribution in [3.63, 3.8) is 0 Å². The standard InChI is InChI=1S/C30H37N3OS2/c1-17(2)21-14-22(18(3)4)26(23(15-21)19(5)6)36-34-29-27-24(16-25(35-27)30(7,8)9)32-28(33-29)20-10-12-31-13-11-20/h10-19H,1-9H3. The Hall–Kier alpha value is -2.44. The van der Waals surface area contributed by atoms with Crippen molar-refractivity contribution < 1.29 is 4.18 Å². The van der Waals surface area contributed by atoms with Gasteiger partial charge in [-0.15, -0.1) is 11.3 Å². The zero-order valence-electron chi connectivity index (χ0n) is 22.8. The van der Waals surface area contributed by atoms with Crippen LogP contribution < -0.4 is 4.18 Å². The number of hydrogen-bond acceptors (Lipinski definition) is 6. The van der Waals surface area contributed by atoms with Gasteiger partial charge in [0.1, 0.15) is 4.70 Å². The summed E-state index contributed by atoms with van der Waals surface area (Å²) in [4.78, 5) is 16.4. The van der Waals surface area contributed by atoms with E-state index in [1.165, 1.54) is 38.5 Å². The molecule has 0 aliphatic rings. The van der Waals surface area contributed by atoms with Gasteiger partial charge in [0.15, 0.2) is 5.82 Å². The van der Waals surface area contributed by atoms with Crippen LogP contribution in [0.4, 0.5) is 0 Å². The Balaban J connectivity index is 1.83. The third-order valence-electron chi connectivity index (χ3n) is 6.30. The SMILES string of the molecule is CC(C)c1cc(C(C)C)c(SOc2nc(-c3ccncc3)nc3cc(C(C)(C)C)sc23)c(C(C)C)c1. The summed E-state index contributed by atoms with van der Waals surface area (Å²) < 4.78 is 7.52. The summed E-state index contributed by atoms with van der Waals surface area (Å²) in [6, 6.07) is 10.8. The lowest BCUT2D eigenvalue weighted by Gasteiger charge is -2.21. The predicted octanol–water partition coefficient (Wildman–Crippen LogP) is 9.51. The first-order valence-electron chi connectivity index (χ1n) is 12.7. The monoisotopic (exact) mass is 519 g/mol. The average molecular weight is 520 g/mol. The highest BCUT2D eigenvalue weighted by atomic mass is 32.2. The average Bonchev–Trinajstić information content (AvgIpc) is 3.27. The largest absolute Gasteiger partial charge is 0.399 e. The van der Waals surface area contributed by atoms with E-state index < -0.39 is 0 Å². The summed E-state index contributed by atoms with van der Waals surface area (Å²) in [5.41, 5.74) is 5.91. The van der Waals surface area contributed by atoms with Crippen LogP contribution >= 0.6 is 23.4 Å². The summed E-state index contributed by atoms with van der Waals surface area (Å²) in [5.74, 6) is 2.53. The van der Waals surface area contributed by atoms with Gasteiger partial charge in [0.2, 0.25) is 5.88 Å². The Bertz CT molecular complexity index is 1320. The van der Waals surface area contributed by atoms with Crippen LogP contribution in [0.3, 0.4) is 0 Å². The third kappa shape index (κ3) is 5.60. The van der Waals surface area contributed by atoms with Gasteiger partial charge in [-0.1, -0.05) is 74.4 Å². The number of fused-ring (bicyclic) bond motifs is 1. The second-order valence-electron chi connectivity index (χ2n) is 11.3. The highest BCUT2D eigenvalue weighted by Gasteiger charge is 2.23. The number of benzene rings is 1. The van der Waals surface area contributed by atoms with Crippen molar-refractivity contribution in [3.8, 4) is 17.3 Å². The molecule has 36 heavy (non-hydrogen) atoms. The maximum absolute atomic E-state index is 6.54. The number of hydrogen-bond donors (Lipinski definition) is 0. The Morgan fingerprint density at radius 2 is 1.44 bits per heavy atom. The number of nitrogens with zero attached hydrogens (tertiary/aromatic N) is 3. The molecule has 0 bridgehead atoms. The van der Waals surface area contributed by atoms with Gasteiger partial charge < -0.3 is 4.18 Å². The topological polar surface area (TPSA) is 47.9 Å². The minimum Gasteiger partial charge on any atom is -0.399 e. The summed E-state index contributed by atoms with van der Waals surface area (Å²) in [5, 5.41) is 0. The molecule has 4 rings (SSSR count). The van der Waals surface area contributed by atoms with E-state index in [0.29, 0.717) is 29.5 Å². The van der Waals surface area contributed by atoms with Gasteiger partial charge in [0, 0.05) is 22.8 Å². The number of thiophene rings is 1. The highest BCUT2D eigenvalue weighted by Crippen LogP contribution is 2.43. The molecule has 3 aromatic heterocycles. The molecule has 0 radical (unpaired) electrons. The normalized spacial score (nSPS) is 12.3. The van der Waals surface area contributed by atoms with E-state index in [1.54, 1.807) is 23.7 Å². The summed E-state index contributed by atoms with van der Waals surface area (Å²) >= 11 is 3.16. The summed E-state index contributed by atoms with van der Waals surface area (Å²) in [6.45, 7) is 20.2. The van der Waals surface area contributed by atoms with Crippen molar-refractivity contribution in [2.75, 3.05) is 0 Å². The molecule has 4 aromatic rings. The highest BCUT2D eigenvalue weighted by molar-refractivity contribution is 7.95. The fourth-order valence-electron chi connectivity index (χ4n) is 4.03. The lowest BCUT2D eigenvalue weighted by Crippen LogP contribution is -2.07. The lowest BCUT2D eigenvalue weighted by atomic mass is 9.89. The molecule has 0 aliphatic carbocycles. The maximum atomic E-state index is 6.54. The second-order valence-corrected chi connectivity index (χ2v) is 13.1. The van der Waals surface area contributed by atoms with Crippen LogP contribution in [0.25, 0.3) is 21.6 Å². The van der Waals surface area contributed by atoms with Crippen molar-refractivity contribution in [1.82, 2.24) is 15.0 Å². The van der Waals surface area contributed by atoms with E-state index >= 15 is 0 Å². The summed E-state index contributed by atoms with van der Waals surface area (Å²) in [7, 11) is 0. The van der Waals surface area contributed by atoms with Crippen molar-refractivity contribution in [2.45, 2.75) is 90.4 Å². The first kappa shape index (κ1) is 26.6. The van der Waals surface area contributed by atoms with Gasteiger partial charge >= 0.3 is 0 Å². The minimum atomic E-state index is 0.0227. The maximum Gasteiger partial charge on any atom is 0.249 e. The molecule has 0 atom stereocenters. The minimum absolute atomic E-state index is 0.0227. The van der Waals surface area contributed by atoms with Crippen LogP contribution in [0.1, 0.15) is 102 Å². The van der Waals surface area contributed by atoms with E-state index in [4.69, 9.17) is 14.2 Å². The van der Waals surface area contributed by atoms with Crippen LogP contribution in [0, 0.1) is 0 Å². The van der Waals surface area contributed by atoms with Crippen molar-refractivity contribution in [1.29, 1.82) is 0 Å². The number of pyridine rings is 1. The van der Waals surface area contributed by atoms with Gasteiger partial charge in [-0.3, -0.25) is 4.98 Å². The van der Waals surface area contributed by atoms with Gasteiger partial charge in [0.05, 0.1) is 22.5 Å². The Morgan fingerprint density at radius 3 is 1.97 bits per heavy atom. The third-order valence-corrected chi connectivity index (χ3v) is 8.72. The Morgan fingerprint density at radius 1 is 0.833 bits per heavy atom. The Labute approximate surface area is 224 Å². The molecule has 0 saturated carbocycles. The molecule has 6 heteroatoms. The predicted molar refractivity (Wildman–Crippen MR) is 155 cm³/mol. The van der Waals surface area contributed by atoms with E-state index in [1.807, 2.05) is 12.1 Å². The van der Waals surface area contributed by atoms with Crippen LogP contribution in [0.2, 0.25) is 0 Å². The van der Waals surface area contributed by atoms with Crippen molar-refractivity contribution in [3.05, 3.63) is 64.3 Å². The van der Waals surface area contributed by atoms with Crippen LogP contribution in [-0.4, -0.2) is 15.0 Å². The van der Waals surface area contributed by atoms with Gasteiger partial charge in [-0.2, -0.15) is 4.98 Å². The van der Waals surface area contributed by atoms with Gasteiger partial charge in [0.25, 0.3) is 0 Å². The molecule has 0 unspecified atom stereocenters. The molecule has 0 amide bonds. The smallest absolute Gasteiger partial charge is 0.249 e. The van der Waals surface area contributed by atoms with Crippen molar-refractivity contribution >= 4 is 33.6 Å². The molecular weight excluding hydrogens is 482 g/mol. The fraction of sp³-hybridized carbons (Fsp3) is 0.433. The van der Waals surface area contributed by atoms with E-state index in [0.717, 1.165) is 15.8 Å². The second kappa shape index (κ2) is 10.5. The van der Waals surface area contributed by atoms with E-state index in [9.17, 15) is 0 Å². The molecule has 1 aromatic carbocycles.